The number of aliphatic hydroxyl groups excluding tert-OH is 2. The van der Waals surface area contributed by atoms with Crippen LogP contribution in [0.25, 0.3) is 0 Å². The van der Waals surface area contributed by atoms with Crippen molar-refractivity contribution >= 4 is 28.2 Å². The fourth-order valence-corrected chi connectivity index (χ4v) is 3.98. The fourth-order valence-electron chi connectivity index (χ4n) is 1.79. The number of hydrogen-bond acceptors (Lipinski definition) is 7. The second-order valence-electron chi connectivity index (χ2n) is 4.30. The average Bonchev–Trinajstić information content (AvgIpc) is 2.94. The number of phosphoric acid groups is 1. The number of carbonyl (C=O) groups excluding carboxylic acids is 1. The molecule has 1 aromatic heterocycles. The quantitative estimate of drug-likeness (QED) is 0.271. The minimum atomic E-state index is -4.70. The summed E-state index contributed by atoms with van der Waals surface area (Å²) < 4.78 is 20.6. The molecule has 118 valence electrons. The van der Waals surface area contributed by atoms with E-state index in [1.807, 2.05) is 0 Å². The van der Waals surface area contributed by atoms with E-state index in [0.717, 1.165) is 0 Å². The Labute approximate surface area is 124 Å². The summed E-state index contributed by atoms with van der Waals surface area (Å²) in [6.45, 7) is -0.588. The van der Waals surface area contributed by atoms with E-state index in [2.05, 4.69) is 9.51 Å². The van der Waals surface area contributed by atoms with Crippen molar-refractivity contribution in [3.8, 4) is 0 Å². The van der Waals surface area contributed by atoms with E-state index in [0.29, 0.717) is 4.57 Å². The zero-order chi connectivity index (χ0) is 15.8. The SMILES string of the molecule is NC(=O)c1c[se]c(C2OC(COP(=O)(O)O)C(O)C2O)n1. The molecule has 0 spiro atoms. The normalized spacial score (nSPS) is 29.7. The molecule has 1 saturated heterocycles. The van der Waals surface area contributed by atoms with Gasteiger partial charge in [-0.25, -0.2) is 0 Å². The van der Waals surface area contributed by atoms with E-state index in [1.54, 1.807) is 0 Å². The van der Waals surface area contributed by atoms with E-state index in [4.69, 9.17) is 20.3 Å². The number of nitrogens with zero attached hydrogens (tertiary/aromatic N) is 1. The second-order valence-corrected chi connectivity index (χ2v) is 7.40. The maximum absolute atomic E-state index is 11.0. The Morgan fingerprint density at radius 1 is 1.48 bits per heavy atom. The number of phosphoric ester groups is 1. The number of rotatable bonds is 5. The summed E-state index contributed by atoms with van der Waals surface area (Å²) in [5, 5.41) is 19.7. The summed E-state index contributed by atoms with van der Waals surface area (Å²) in [4.78, 5) is 33.7. The Balaban J connectivity index is 2.08. The Bertz CT molecular complexity index is 574. The molecule has 0 saturated carbocycles. The summed E-state index contributed by atoms with van der Waals surface area (Å²) in [6.07, 6.45) is -4.82. The minimum absolute atomic E-state index is 0.0604. The van der Waals surface area contributed by atoms with Gasteiger partial charge in [0.15, 0.2) is 0 Å². The van der Waals surface area contributed by atoms with Crippen molar-refractivity contribution in [2.45, 2.75) is 24.4 Å². The molecule has 6 N–H and O–H groups in total. The van der Waals surface area contributed by atoms with Crippen LogP contribution in [0.15, 0.2) is 4.94 Å². The summed E-state index contributed by atoms with van der Waals surface area (Å²) in [5.41, 5.74) is 5.14. The van der Waals surface area contributed by atoms with E-state index in [-0.39, 0.29) is 20.2 Å². The summed E-state index contributed by atoms with van der Waals surface area (Å²) in [7, 11) is -4.70. The van der Waals surface area contributed by atoms with Crippen LogP contribution in [-0.2, 0) is 13.8 Å². The van der Waals surface area contributed by atoms with E-state index in [9.17, 15) is 19.6 Å². The van der Waals surface area contributed by atoms with Gasteiger partial charge in [0.2, 0.25) is 0 Å². The van der Waals surface area contributed by atoms with Crippen LogP contribution in [0.1, 0.15) is 21.2 Å². The van der Waals surface area contributed by atoms with Gasteiger partial charge in [-0.15, -0.1) is 0 Å². The molecule has 2 rings (SSSR count). The van der Waals surface area contributed by atoms with Crippen LogP contribution >= 0.6 is 7.82 Å². The number of ether oxygens (including phenoxy) is 1. The summed E-state index contributed by atoms with van der Waals surface area (Å²) in [6, 6.07) is 0. The Morgan fingerprint density at radius 3 is 2.67 bits per heavy atom. The molecule has 10 nitrogen and oxygen atoms in total. The number of carbonyl (C=O) groups is 1. The first-order valence-corrected chi connectivity index (χ1v) is 9.03. The molecule has 0 aromatic carbocycles. The molecule has 21 heavy (non-hydrogen) atoms. The van der Waals surface area contributed by atoms with Gasteiger partial charge in [-0.2, -0.15) is 0 Å². The van der Waals surface area contributed by atoms with Gasteiger partial charge in [0.1, 0.15) is 0 Å². The third-order valence-corrected chi connectivity index (χ3v) is 5.17. The summed E-state index contributed by atoms with van der Waals surface area (Å²) in [5.74, 6) is -0.707. The number of aromatic nitrogens is 1. The maximum atomic E-state index is 11.0. The zero-order valence-corrected chi connectivity index (χ0v) is 13.0. The van der Waals surface area contributed by atoms with Crippen LogP contribution in [0.5, 0.6) is 0 Å². The topological polar surface area (TPSA) is 172 Å². The fraction of sp³-hybridized carbons (Fsp3) is 0.556. The predicted octanol–water partition coefficient (Wildman–Crippen LogP) is -2.49. The monoisotopic (exact) mass is 388 g/mol. The summed E-state index contributed by atoms with van der Waals surface area (Å²) >= 11 is -0.366. The van der Waals surface area contributed by atoms with E-state index < -0.39 is 44.8 Å². The van der Waals surface area contributed by atoms with Crippen molar-refractivity contribution in [1.82, 2.24) is 4.98 Å². The standard InChI is InChI=1S/C9H13N2O8PSe/c10-8(14)3-2-21-9(11-3)7-6(13)5(12)4(19-7)1-18-20(15,16)17/h2,4-7,12-13H,1H2,(H2,10,14)(H2,15,16,17). The Kier molecular flexibility index (Phi) is 4.99. The number of hydrogen-bond donors (Lipinski definition) is 5. The number of aliphatic hydroxyl groups is 2. The number of nitrogens with two attached hydrogens (primary N) is 1. The van der Waals surface area contributed by atoms with E-state index >= 15 is 0 Å². The van der Waals surface area contributed by atoms with Crippen molar-refractivity contribution in [2.75, 3.05) is 6.61 Å². The molecule has 0 bridgehead atoms. The second kappa shape index (κ2) is 6.25. The first-order chi connectivity index (χ1) is 9.69. The van der Waals surface area contributed by atoms with Gasteiger partial charge in [-0.3, -0.25) is 0 Å². The predicted molar refractivity (Wildman–Crippen MR) is 67.3 cm³/mol. The van der Waals surface area contributed by atoms with E-state index in [1.165, 1.54) is 4.94 Å². The third kappa shape index (κ3) is 3.98. The van der Waals surface area contributed by atoms with Gasteiger partial charge in [-0.05, 0) is 0 Å². The first-order valence-electron chi connectivity index (χ1n) is 5.66. The van der Waals surface area contributed by atoms with Crippen LogP contribution in [0.2, 0.25) is 0 Å². The van der Waals surface area contributed by atoms with Crippen molar-refractivity contribution in [1.29, 1.82) is 0 Å². The van der Waals surface area contributed by atoms with Gasteiger partial charge < -0.3 is 0 Å². The van der Waals surface area contributed by atoms with Crippen molar-refractivity contribution in [2.24, 2.45) is 5.73 Å². The van der Waals surface area contributed by atoms with Gasteiger partial charge >= 0.3 is 124 Å². The number of primary amides is 1. The molecule has 1 fully saturated rings. The molecular weight excluding hydrogens is 374 g/mol. The number of amides is 1. The molecular formula is C9H13N2O8PSe. The molecule has 12 heteroatoms. The van der Waals surface area contributed by atoms with Gasteiger partial charge in [0, 0.05) is 0 Å². The molecule has 1 aromatic rings. The molecule has 1 amide bonds. The molecule has 2 heterocycles. The first kappa shape index (κ1) is 16.8. The molecule has 1 aliphatic heterocycles. The van der Waals surface area contributed by atoms with Gasteiger partial charge in [-0.1, -0.05) is 0 Å². The molecule has 4 atom stereocenters. The molecule has 4 unspecified atom stereocenters. The average molecular weight is 387 g/mol. The van der Waals surface area contributed by atoms with Crippen LogP contribution in [0, 0.1) is 0 Å². The Hall–Kier alpha value is -0.611. The Morgan fingerprint density at radius 2 is 2.14 bits per heavy atom. The van der Waals surface area contributed by atoms with Crippen LogP contribution in [0.3, 0.4) is 0 Å². The van der Waals surface area contributed by atoms with Crippen molar-refractivity contribution in [3.05, 3.63) is 15.2 Å². The molecule has 1 aliphatic rings. The van der Waals surface area contributed by atoms with Crippen molar-refractivity contribution in [3.63, 3.8) is 0 Å². The third-order valence-electron chi connectivity index (χ3n) is 2.79. The van der Waals surface area contributed by atoms with Crippen LogP contribution in [0.4, 0.5) is 0 Å². The van der Waals surface area contributed by atoms with Crippen LogP contribution < -0.4 is 5.73 Å². The van der Waals surface area contributed by atoms with Crippen LogP contribution in [-0.4, -0.2) is 70.3 Å². The van der Waals surface area contributed by atoms with Crippen molar-refractivity contribution < 1.29 is 38.6 Å². The molecule has 0 radical (unpaired) electrons. The van der Waals surface area contributed by atoms with Gasteiger partial charge in [0.05, 0.1) is 0 Å². The molecule has 0 aliphatic carbocycles. The van der Waals surface area contributed by atoms with Gasteiger partial charge in [0.25, 0.3) is 0 Å². The zero-order valence-electron chi connectivity index (χ0n) is 10.4.